The molecule has 4 atom stereocenters. The van der Waals surface area contributed by atoms with Crippen molar-refractivity contribution in [2.75, 3.05) is 13.7 Å². The number of rotatable bonds is 6. The van der Waals surface area contributed by atoms with Crippen molar-refractivity contribution in [2.24, 2.45) is 0 Å². The van der Waals surface area contributed by atoms with Crippen molar-refractivity contribution in [1.82, 2.24) is 19.5 Å². The van der Waals surface area contributed by atoms with Crippen LogP contribution in [-0.2, 0) is 33.3 Å². The lowest BCUT2D eigenvalue weighted by atomic mass is 10.1. The van der Waals surface area contributed by atoms with Gasteiger partial charge < -0.3 is 23.7 Å². The Morgan fingerprint density at radius 3 is 2.34 bits per heavy atom. The number of esters is 3. The van der Waals surface area contributed by atoms with Gasteiger partial charge in [-0.2, -0.15) is 4.98 Å². The van der Waals surface area contributed by atoms with Gasteiger partial charge in [-0.15, -0.1) is 0 Å². The van der Waals surface area contributed by atoms with E-state index in [2.05, 4.69) is 15.0 Å². The molecule has 12 nitrogen and oxygen atoms in total. The average Bonchev–Trinajstić information content (AvgIpc) is 3.21. The fourth-order valence-corrected chi connectivity index (χ4v) is 3.08. The standard InChI is InChI=1S/C17H20N4O8/c1-8(22)26-5-11-13(27-9(2)23)14(28-10(3)24)17(29-11)21-7-20-12-15(21)18-6-19-16(12)25-4/h6-7,11,13-14,17H,5H2,1-4H3/t11-,13-,14+,17-/m1/s1. The van der Waals surface area contributed by atoms with Crippen molar-refractivity contribution < 1.29 is 38.1 Å². The van der Waals surface area contributed by atoms with Crippen molar-refractivity contribution >= 4 is 29.1 Å². The number of hydrogen-bond donors (Lipinski definition) is 0. The van der Waals surface area contributed by atoms with Crippen molar-refractivity contribution in [1.29, 1.82) is 0 Å². The summed E-state index contributed by atoms with van der Waals surface area (Å²) in [6.07, 6.45) is -1.17. The van der Waals surface area contributed by atoms with Gasteiger partial charge in [-0.3, -0.25) is 19.0 Å². The monoisotopic (exact) mass is 408 g/mol. The molecule has 2 aromatic rings. The van der Waals surface area contributed by atoms with Crippen molar-refractivity contribution in [3.05, 3.63) is 12.7 Å². The predicted molar refractivity (Wildman–Crippen MR) is 93.5 cm³/mol. The normalized spacial score (nSPS) is 23.6. The topological polar surface area (TPSA) is 141 Å². The molecule has 0 aromatic carbocycles. The smallest absolute Gasteiger partial charge is 0.303 e. The predicted octanol–water partition coefficient (Wildman–Crippen LogP) is 0.159. The van der Waals surface area contributed by atoms with Crippen LogP contribution in [0.3, 0.4) is 0 Å². The van der Waals surface area contributed by atoms with Crippen molar-refractivity contribution in [3.8, 4) is 5.88 Å². The van der Waals surface area contributed by atoms with Crippen LogP contribution in [0.1, 0.15) is 27.0 Å². The first-order valence-electron chi connectivity index (χ1n) is 8.66. The molecule has 3 heterocycles. The Kier molecular flexibility index (Phi) is 5.92. The lowest BCUT2D eigenvalue weighted by Gasteiger charge is -2.23. The minimum Gasteiger partial charge on any atom is -0.479 e. The first-order valence-corrected chi connectivity index (χ1v) is 8.66. The molecule has 1 aliphatic rings. The minimum atomic E-state index is -1.03. The summed E-state index contributed by atoms with van der Waals surface area (Å²) in [7, 11) is 1.44. The summed E-state index contributed by atoms with van der Waals surface area (Å²) in [6, 6.07) is 0. The van der Waals surface area contributed by atoms with Gasteiger partial charge in [0, 0.05) is 20.8 Å². The molecule has 156 valence electrons. The van der Waals surface area contributed by atoms with Crippen LogP contribution in [-0.4, -0.2) is 69.5 Å². The molecular formula is C17H20N4O8. The van der Waals surface area contributed by atoms with Gasteiger partial charge in [0.25, 0.3) is 0 Å². The van der Waals surface area contributed by atoms with Crippen LogP contribution in [0.25, 0.3) is 11.2 Å². The minimum absolute atomic E-state index is 0.202. The summed E-state index contributed by atoms with van der Waals surface area (Å²) < 4.78 is 28.4. The molecule has 0 spiro atoms. The van der Waals surface area contributed by atoms with Crippen LogP contribution in [0.4, 0.5) is 0 Å². The molecule has 2 aromatic heterocycles. The number of aromatic nitrogens is 4. The summed E-state index contributed by atoms with van der Waals surface area (Å²) in [5.41, 5.74) is 0.723. The molecule has 1 fully saturated rings. The maximum absolute atomic E-state index is 11.7. The molecule has 0 N–H and O–H groups in total. The SMILES string of the molecule is COc1ncnc2c1ncn2[C@@H]1O[C@H](COC(C)=O)[C@@H](OC(C)=O)[C@@H]1OC(C)=O. The average molecular weight is 408 g/mol. The van der Waals surface area contributed by atoms with Gasteiger partial charge in [0.1, 0.15) is 19.0 Å². The number of hydrogen-bond acceptors (Lipinski definition) is 11. The largest absolute Gasteiger partial charge is 0.479 e. The number of methoxy groups -OCH3 is 1. The third-order valence-electron chi connectivity index (χ3n) is 4.13. The Labute approximate surface area is 165 Å². The van der Waals surface area contributed by atoms with Crippen molar-refractivity contribution in [2.45, 2.75) is 45.3 Å². The molecule has 12 heteroatoms. The summed E-state index contributed by atoms with van der Waals surface area (Å²) in [4.78, 5) is 47.0. The molecule has 29 heavy (non-hydrogen) atoms. The first-order chi connectivity index (χ1) is 13.8. The molecule has 0 bridgehead atoms. The maximum Gasteiger partial charge on any atom is 0.303 e. The van der Waals surface area contributed by atoms with Crippen molar-refractivity contribution in [3.63, 3.8) is 0 Å². The van der Waals surface area contributed by atoms with E-state index in [1.165, 1.54) is 45.1 Å². The van der Waals surface area contributed by atoms with E-state index >= 15 is 0 Å². The number of imidazole rings is 1. The molecule has 0 saturated carbocycles. The Hall–Kier alpha value is -3.28. The highest BCUT2D eigenvalue weighted by atomic mass is 16.7. The quantitative estimate of drug-likeness (QED) is 0.476. The van der Waals surface area contributed by atoms with E-state index in [0.29, 0.717) is 11.2 Å². The zero-order valence-corrected chi connectivity index (χ0v) is 16.2. The molecule has 0 amide bonds. The van der Waals surface area contributed by atoms with Crippen LogP contribution < -0.4 is 4.74 Å². The van der Waals surface area contributed by atoms with Crippen LogP contribution in [0.5, 0.6) is 5.88 Å². The zero-order valence-electron chi connectivity index (χ0n) is 16.2. The Morgan fingerprint density at radius 1 is 1.03 bits per heavy atom. The number of carbonyl (C=O) groups excluding carboxylic acids is 3. The van der Waals surface area contributed by atoms with Gasteiger partial charge in [0.15, 0.2) is 29.6 Å². The number of nitrogens with zero attached hydrogens (tertiary/aromatic N) is 4. The molecule has 1 aliphatic heterocycles. The van der Waals surface area contributed by atoms with Gasteiger partial charge >= 0.3 is 17.9 Å². The molecule has 0 unspecified atom stereocenters. The Bertz CT molecular complexity index is 929. The van der Waals surface area contributed by atoms with E-state index in [1.54, 1.807) is 0 Å². The van der Waals surface area contributed by atoms with E-state index in [0.717, 1.165) is 0 Å². The van der Waals surface area contributed by atoms with Crippen LogP contribution >= 0.6 is 0 Å². The molecule has 0 radical (unpaired) electrons. The Balaban J connectivity index is 2.02. The summed E-state index contributed by atoms with van der Waals surface area (Å²) in [6.45, 7) is 3.47. The number of carbonyl (C=O) groups is 3. The maximum atomic E-state index is 11.7. The van der Waals surface area contributed by atoms with Gasteiger partial charge in [-0.05, 0) is 0 Å². The van der Waals surface area contributed by atoms with E-state index in [1.807, 2.05) is 0 Å². The zero-order chi connectivity index (χ0) is 21.1. The molecular weight excluding hydrogens is 388 g/mol. The van der Waals surface area contributed by atoms with Gasteiger partial charge in [0.05, 0.1) is 13.4 Å². The fourth-order valence-electron chi connectivity index (χ4n) is 3.08. The van der Waals surface area contributed by atoms with Crippen LogP contribution in [0.15, 0.2) is 12.7 Å². The summed E-state index contributed by atoms with van der Waals surface area (Å²) in [5, 5.41) is 0. The highest BCUT2D eigenvalue weighted by molar-refractivity contribution is 5.76. The van der Waals surface area contributed by atoms with E-state index in [9.17, 15) is 14.4 Å². The van der Waals surface area contributed by atoms with E-state index in [-0.39, 0.29) is 12.5 Å². The lowest BCUT2D eigenvalue weighted by molar-refractivity contribution is -0.166. The lowest BCUT2D eigenvalue weighted by Crippen LogP contribution is -2.40. The molecule has 1 saturated heterocycles. The second-order valence-electron chi connectivity index (χ2n) is 6.22. The number of fused-ring (bicyclic) bond motifs is 1. The third-order valence-corrected chi connectivity index (χ3v) is 4.13. The third kappa shape index (κ3) is 4.26. The fraction of sp³-hybridized carbons (Fsp3) is 0.529. The second-order valence-corrected chi connectivity index (χ2v) is 6.22. The van der Waals surface area contributed by atoms with E-state index in [4.69, 9.17) is 23.7 Å². The molecule has 3 rings (SSSR count). The number of ether oxygens (including phenoxy) is 5. The summed E-state index contributed by atoms with van der Waals surface area (Å²) in [5.74, 6) is -1.49. The summed E-state index contributed by atoms with van der Waals surface area (Å²) >= 11 is 0. The van der Waals surface area contributed by atoms with Crippen LogP contribution in [0.2, 0.25) is 0 Å². The Morgan fingerprint density at radius 2 is 1.72 bits per heavy atom. The highest BCUT2D eigenvalue weighted by Gasteiger charge is 2.51. The molecule has 0 aliphatic carbocycles. The first kappa shape index (κ1) is 20.5. The van der Waals surface area contributed by atoms with Gasteiger partial charge in [-0.25, -0.2) is 9.97 Å². The van der Waals surface area contributed by atoms with Gasteiger partial charge in [0.2, 0.25) is 5.88 Å². The van der Waals surface area contributed by atoms with E-state index < -0.39 is 42.4 Å². The van der Waals surface area contributed by atoms with Gasteiger partial charge in [-0.1, -0.05) is 0 Å². The second kappa shape index (κ2) is 8.39. The highest BCUT2D eigenvalue weighted by Crippen LogP contribution is 2.36. The van der Waals surface area contributed by atoms with Crippen LogP contribution in [0, 0.1) is 0 Å².